The fourth-order valence-corrected chi connectivity index (χ4v) is 2.14. The maximum absolute atomic E-state index is 11.8. The third kappa shape index (κ3) is 4.53. The summed E-state index contributed by atoms with van der Waals surface area (Å²) in [5, 5.41) is 7.94. The van der Waals surface area contributed by atoms with E-state index in [0.29, 0.717) is 18.8 Å². The molecule has 6 nitrogen and oxygen atoms in total. The normalized spacial score (nSPS) is 11.1. The van der Waals surface area contributed by atoms with Crippen LogP contribution in [0.4, 0.5) is 5.69 Å². The van der Waals surface area contributed by atoms with Crippen molar-refractivity contribution in [2.24, 2.45) is 5.14 Å². The first-order chi connectivity index (χ1) is 8.88. The van der Waals surface area contributed by atoms with E-state index in [4.69, 9.17) is 5.14 Å². The van der Waals surface area contributed by atoms with Gasteiger partial charge in [-0.05, 0) is 38.1 Å². The molecule has 0 aliphatic heterocycles. The van der Waals surface area contributed by atoms with Crippen LogP contribution >= 0.6 is 0 Å². The van der Waals surface area contributed by atoms with Crippen LogP contribution in [0.2, 0.25) is 0 Å². The predicted molar refractivity (Wildman–Crippen MR) is 74.2 cm³/mol. The van der Waals surface area contributed by atoms with Gasteiger partial charge in [-0.2, -0.15) is 0 Å². The van der Waals surface area contributed by atoms with Gasteiger partial charge in [-0.3, -0.25) is 4.79 Å². The van der Waals surface area contributed by atoms with Crippen molar-refractivity contribution in [2.45, 2.75) is 18.7 Å². The molecule has 0 saturated heterocycles. The SMILES string of the molecule is CCN(CC)C(=O)CNc1ccc(S(N)(=O)=O)cc1. The quantitative estimate of drug-likeness (QED) is 0.801. The van der Waals surface area contributed by atoms with Gasteiger partial charge in [0, 0.05) is 18.8 Å². The minimum atomic E-state index is -3.68. The molecule has 0 fully saturated rings. The summed E-state index contributed by atoms with van der Waals surface area (Å²) in [6.07, 6.45) is 0. The van der Waals surface area contributed by atoms with Crippen molar-refractivity contribution in [2.75, 3.05) is 25.0 Å². The monoisotopic (exact) mass is 285 g/mol. The van der Waals surface area contributed by atoms with Crippen molar-refractivity contribution in [1.82, 2.24) is 4.90 Å². The number of primary sulfonamides is 1. The van der Waals surface area contributed by atoms with Crippen LogP contribution in [0.15, 0.2) is 29.2 Å². The minimum absolute atomic E-state index is 0.000484. The molecule has 0 aromatic heterocycles. The molecule has 7 heteroatoms. The molecular formula is C12H19N3O3S. The molecule has 0 spiro atoms. The molecule has 0 unspecified atom stereocenters. The van der Waals surface area contributed by atoms with Crippen LogP contribution in [0, 0.1) is 0 Å². The van der Waals surface area contributed by atoms with Crippen molar-refractivity contribution in [1.29, 1.82) is 0 Å². The Labute approximate surface area is 113 Å². The molecule has 1 amide bonds. The van der Waals surface area contributed by atoms with E-state index in [1.165, 1.54) is 12.1 Å². The van der Waals surface area contributed by atoms with Crippen LogP contribution in [0.25, 0.3) is 0 Å². The molecule has 1 rings (SSSR count). The Hall–Kier alpha value is -1.60. The highest BCUT2D eigenvalue weighted by Crippen LogP contribution is 2.12. The Bertz CT molecular complexity index is 522. The average molecular weight is 285 g/mol. The summed E-state index contributed by atoms with van der Waals surface area (Å²) in [6.45, 7) is 5.35. The number of hydrogen-bond donors (Lipinski definition) is 2. The second kappa shape index (κ2) is 6.53. The van der Waals surface area contributed by atoms with Crippen LogP contribution in [-0.4, -0.2) is 38.9 Å². The number of sulfonamides is 1. The first kappa shape index (κ1) is 15.5. The second-order valence-corrected chi connectivity index (χ2v) is 5.55. The number of nitrogens with two attached hydrogens (primary N) is 1. The van der Waals surface area contributed by atoms with Crippen LogP contribution < -0.4 is 10.5 Å². The minimum Gasteiger partial charge on any atom is -0.376 e. The molecule has 19 heavy (non-hydrogen) atoms. The van der Waals surface area contributed by atoms with Crippen molar-refractivity contribution < 1.29 is 13.2 Å². The van der Waals surface area contributed by atoms with Gasteiger partial charge in [-0.25, -0.2) is 13.6 Å². The van der Waals surface area contributed by atoms with Gasteiger partial charge < -0.3 is 10.2 Å². The maximum Gasteiger partial charge on any atom is 0.241 e. The Kier molecular flexibility index (Phi) is 5.31. The van der Waals surface area contributed by atoms with Crippen molar-refractivity contribution in [3.63, 3.8) is 0 Å². The summed E-state index contributed by atoms with van der Waals surface area (Å²) in [7, 11) is -3.68. The number of benzene rings is 1. The number of nitrogens with one attached hydrogen (secondary N) is 1. The lowest BCUT2D eigenvalue weighted by molar-refractivity contribution is -0.128. The fourth-order valence-electron chi connectivity index (χ4n) is 1.63. The van der Waals surface area contributed by atoms with E-state index >= 15 is 0 Å². The molecule has 106 valence electrons. The highest BCUT2D eigenvalue weighted by Gasteiger charge is 2.10. The number of nitrogens with zero attached hydrogens (tertiary/aromatic N) is 1. The van der Waals surface area contributed by atoms with Crippen LogP contribution in [-0.2, 0) is 14.8 Å². The number of carbonyl (C=O) groups is 1. The lowest BCUT2D eigenvalue weighted by Crippen LogP contribution is -2.35. The predicted octanol–water partition coefficient (Wildman–Crippen LogP) is 0.614. The van der Waals surface area contributed by atoms with Gasteiger partial charge in [0.1, 0.15) is 0 Å². The van der Waals surface area contributed by atoms with E-state index in [0.717, 1.165) is 0 Å². The molecule has 0 bridgehead atoms. The Morgan fingerprint density at radius 3 is 2.16 bits per heavy atom. The van der Waals surface area contributed by atoms with E-state index < -0.39 is 10.0 Å². The zero-order valence-electron chi connectivity index (χ0n) is 11.1. The smallest absolute Gasteiger partial charge is 0.241 e. The van der Waals surface area contributed by atoms with Crippen LogP contribution in [0.5, 0.6) is 0 Å². The molecule has 3 N–H and O–H groups in total. The van der Waals surface area contributed by atoms with Crippen molar-refractivity contribution in [3.05, 3.63) is 24.3 Å². The fraction of sp³-hybridized carbons (Fsp3) is 0.417. The molecule has 0 radical (unpaired) electrons. The third-order valence-corrected chi connectivity index (χ3v) is 3.67. The maximum atomic E-state index is 11.8. The highest BCUT2D eigenvalue weighted by molar-refractivity contribution is 7.89. The number of likely N-dealkylation sites (N-methyl/N-ethyl adjacent to an activating group) is 1. The molecule has 0 heterocycles. The van der Waals surface area contributed by atoms with Crippen molar-refractivity contribution >= 4 is 21.6 Å². The summed E-state index contributed by atoms with van der Waals surface area (Å²) in [5.41, 5.74) is 0.674. The first-order valence-corrected chi connectivity index (χ1v) is 7.57. The summed E-state index contributed by atoms with van der Waals surface area (Å²) in [5.74, 6) is 0.000484. The topological polar surface area (TPSA) is 92.5 Å². The molecule has 0 atom stereocenters. The molecule has 0 aliphatic carbocycles. The van der Waals surface area contributed by atoms with Gasteiger partial charge in [0.2, 0.25) is 15.9 Å². The van der Waals surface area contributed by atoms with Gasteiger partial charge in [0.05, 0.1) is 11.4 Å². The summed E-state index contributed by atoms with van der Waals surface area (Å²) >= 11 is 0. The lowest BCUT2D eigenvalue weighted by Gasteiger charge is -2.19. The Balaban J connectivity index is 2.62. The summed E-state index contributed by atoms with van der Waals surface area (Å²) < 4.78 is 22.1. The Morgan fingerprint density at radius 1 is 1.21 bits per heavy atom. The van der Waals surface area contributed by atoms with Crippen LogP contribution in [0.1, 0.15) is 13.8 Å². The van der Waals surface area contributed by atoms with Crippen LogP contribution in [0.3, 0.4) is 0 Å². The van der Waals surface area contributed by atoms with E-state index in [2.05, 4.69) is 5.32 Å². The summed E-state index contributed by atoms with van der Waals surface area (Å²) in [4.78, 5) is 13.5. The number of anilines is 1. The number of carbonyl (C=O) groups excluding carboxylic acids is 1. The van der Waals surface area contributed by atoms with Gasteiger partial charge in [0.25, 0.3) is 0 Å². The number of rotatable bonds is 6. The lowest BCUT2D eigenvalue weighted by atomic mass is 10.3. The standard InChI is InChI=1S/C12H19N3O3S/c1-3-15(4-2)12(16)9-14-10-5-7-11(8-6-10)19(13,17)18/h5-8,14H,3-4,9H2,1-2H3,(H2,13,17,18). The zero-order chi connectivity index (χ0) is 14.5. The van der Waals surface area contributed by atoms with E-state index in [1.54, 1.807) is 17.0 Å². The number of amides is 1. The highest BCUT2D eigenvalue weighted by atomic mass is 32.2. The van der Waals surface area contributed by atoms with Gasteiger partial charge in [-0.15, -0.1) is 0 Å². The van der Waals surface area contributed by atoms with Gasteiger partial charge >= 0.3 is 0 Å². The largest absolute Gasteiger partial charge is 0.376 e. The summed E-state index contributed by atoms with van der Waals surface area (Å²) in [6, 6.07) is 5.96. The van der Waals surface area contributed by atoms with Gasteiger partial charge in [-0.1, -0.05) is 0 Å². The molecular weight excluding hydrogens is 266 g/mol. The molecule has 0 aliphatic rings. The van der Waals surface area contributed by atoms with Gasteiger partial charge in [0.15, 0.2) is 0 Å². The number of hydrogen-bond acceptors (Lipinski definition) is 4. The van der Waals surface area contributed by atoms with Crippen molar-refractivity contribution in [3.8, 4) is 0 Å². The first-order valence-electron chi connectivity index (χ1n) is 6.03. The zero-order valence-corrected chi connectivity index (χ0v) is 11.9. The molecule has 0 saturated carbocycles. The molecule has 1 aromatic carbocycles. The molecule has 1 aromatic rings. The Morgan fingerprint density at radius 2 is 1.74 bits per heavy atom. The third-order valence-electron chi connectivity index (χ3n) is 2.74. The second-order valence-electron chi connectivity index (χ2n) is 3.99. The average Bonchev–Trinajstić information content (AvgIpc) is 2.37. The van der Waals surface area contributed by atoms with E-state index in [9.17, 15) is 13.2 Å². The van der Waals surface area contributed by atoms with E-state index in [-0.39, 0.29) is 17.3 Å². The van der Waals surface area contributed by atoms with E-state index in [1.807, 2.05) is 13.8 Å².